The van der Waals surface area contributed by atoms with Crippen LogP contribution in [-0.4, -0.2) is 0 Å². The summed E-state index contributed by atoms with van der Waals surface area (Å²) in [5.74, 6) is 0. The van der Waals surface area contributed by atoms with Gasteiger partial charge >= 0.3 is 0 Å². The predicted octanol–water partition coefficient (Wildman–Crippen LogP) is 5.55. The number of hydrogen-bond acceptors (Lipinski definition) is 0. The van der Waals surface area contributed by atoms with Gasteiger partial charge in [-0.2, -0.15) is 0 Å². The number of rotatable bonds is 1. The molecule has 0 heterocycles. The molecule has 0 aliphatic heterocycles. The number of allylic oxidation sites excluding steroid dienone is 4. The molecule has 0 nitrogen and oxygen atoms in total. The minimum atomic E-state index is 1.35. The van der Waals surface area contributed by atoms with Crippen LogP contribution in [0.5, 0.6) is 0 Å². The molecule has 0 amide bonds. The summed E-state index contributed by atoms with van der Waals surface area (Å²) in [5, 5.41) is 0. The first kappa shape index (κ1) is 12.0. The van der Waals surface area contributed by atoms with Gasteiger partial charge in [-0.05, 0) is 76.4 Å². The van der Waals surface area contributed by atoms with E-state index in [1.807, 2.05) is 0 Å². The fourth-order valence-electron chi connectivity index (χ4n) is 3.28. The van der Waals surface area contributed by atoms with Crippen LogP contribution in [0.15, 0.2) is 22.3 Å². The van der Waals surface area contributed by atoms with Crippen LogP contribution >= 0.6 is 0 Å². The third-order valence-corrected chi connectivity index (χ3v) is 4.35. The topological polar surface area (TPSA) is 0 Å². The first-order valence-electron chi connectivity index (χ1n) is 7.16. The molecule has 0 N–H and O–H groups in total. The molecule has 90 valence electrons. The van der Waals surface area contributed by atoms with Crippen molar-refractivity contribution in [2.45, 2.75) is 78.1 Å². The third kappa shape index (κ3) is 2.78. The van der Waals surface area contributed by atoms with Crippen molar-refractivity contribution in [2.24, 2.45) is 0 Å². The minimum absolute atomic E-state index is 1.35. The Bertz CT molecular complexity index is 272. The summed E-state index contributed by atoms with van der Waals surface area (Å²) in [5.41, 5.74) is 6.93. The third-order valence-electron chi connectivity index (χ3n) is 4.35. The summed E-state index contributed by atoms with van der Waals surface area (Å²) in [7, 11) is 0. The van der Waals surface area contributed by atoms with Gasteiger partial charge in [0.05, 0.1) is 0 Å². The van der Waals surface area contributed by atoms with Gasteiger partial charge in [0, 0.05) is 0 Å². The minimum Gasteiger partial charge on any atom is -0.0698 e. The fraction of sp³-hybridized carbons (Fsp3) is 0.750. The van der Waals surface area contributed by atoms with Gasteiger partial charge < -0.3 is 0 Å². The normalized spacial score (nSPS) is 24.4. The van der Waals surface area contributed by atoms with E-state index in [0.29, 0.717) is 0 Å². The lowest BCUT2D eigenvalue weighted by Crippen LogP contribution is -1.96. The average Bonchev–Trinajstić information content (AvgIpc) is 2.59. The number of hydrogen-bond donors (Lipinski definition) is 0. The van der Waals surface area contributed by atoms with Crippen molar-refractivity contribution >= 4 is 0 Å². The lowest BCUT2D eigenvalue weighted by atomic mass is 9.90. The van der Waals surface area contributed by atoms with Crippen LogP contribution in [0.4, 0.5) is 0 Å². The van der Waals surface area contributed by atoms with Gasteiger partial charge in [0.15, 0.2) is 0 Å². The van der Waals surface area contributed by atoms with Gasteiger partial charge in [0.1, 0.15) is 0 Å². The average molecular weight is 218 g/mol. The molecule has 0 spiro atoms. The molecule has 2 aliphatic rings. The maximum atomic E-state index is 2.38. The highest BCUT2D eigenvalue weighted by molar-refractivity contribution is 5.39. The smallest absolute Gasteiger partial charge is 0.0277 e. The quantitative estimate of drug-likeness (QED) is 0.541. The van der Waals surface area contributed by atoms with Gasteiger partial charge in [-0.3, -0.25) is 0 Å². The van der Waals surface area contributed by atoms with E-state index in [-0.39, 0.29) is 0 Å². The second-order valence-corrected chi connectivity index (χ2v) is 5.64. The Hall–Kier alpha value is -0.520. The first-order chi connectivity index (χ1) is 7.79. The zero-order valence-corrected chi connectivity index (χ0v) is 11.1. The Morgan fingerprint density at radius 1 is 0.500 bits per heavy atom. The summed E-state index contributed by atoms with van der Waals surface area (Å²) in [4.78, 5) is 0. The molecule has 0 aromatic rings. The van der Waals surface area contributed by atoms with Crippen LogP contribution in [0.1, 0.15) is 78.1 Å². The van der Waals surface area contributed by atoms with Crippen LogP contribution in [0, 0.1) is 0 Å². The summed E-state index contributed by atoms with van der Waals surface area (Å²) in [6.45, 7) is 4.76. The monoisotopic (exact) mass is 218 g/mol. The summed E-state index contributed by atoms with van der Waals surface area (Å²) in [6.07, 6.45) is 14.0. The Balaban J connectivity index is 2.26. The SMILES string of the molecule is CC1=C(C2=C(C)CCCCC2)CCCCC1. The van der Waals surface area contributed by atoms with E-state index >= 15 is 0 Å². The molecule has 0 atom stereocenters. The highest BCUT2D eigenvalue weighted by Crippen LogP contribution is 2.35. The molecule has 0 heteroatoms. The summed E-state index contributed by atoms with van der Waals surface area (Å²) in [6, 6.07) is 0. The van der Waals surface area contributed by atoms with Crippen LogP contribution < -0.4 is 0 Å². The van der Waals surface area contributed by atoms with E-state index < -0.39 is 0 Å². The van der Waals surface area contributed by atoms with E-state index in [1.54, 1.807) is 22.3 Å². The summed E-state index contributed by atoms with van der Waals surface area (Å²) < 4.78 is 0. The first-order valence-corrected chi connectivity index (χ1v) is 7.16. The molecule has 0 saturated carbocycles. The standard InChI is InChI=1S/C16H26/c1-13-9-5-3-7-11-15(13)16-12-8-4-6-10-14(16)2/h3-12H2,1-2H3. The van der Waals surface area contributed by atoms with Crippen LogP contribution in [0.3, 0.4) is 0 Å². The highest BCUT2D eigenvalue weighted by atomic mass is 14.2. The van der Waals surface area contributed by atoms with Crippen molar-refractivity contribution in [3.05, 3.63) is 22.3 Å². The van der Waals surface area contributed by atoms with Gasteiger partial charge in [-0.15, -0.1) is 0 Å². The molecule has 16 heavy (non-hydrogen) atoms. The highest BCUT2D eigenvalue weighted by Gasteiger charge is 2.16. The fourth-order valence-corrected chi connectivity index (χ4v) is 3.28. The van der Waals surface area contributed by atoms with E-state index in [9.17, 15) is 0 Å². The summed E-state index contributed by atoms with van der Waals surface area (Å²) >= 11 is 0. The van der Waals surface area contributed by atoms with Gasteiger partial charge in [0.25, 0.3) is 0 Å². The maximum absolute atomic E-state index is 2.38. The maximum Gasteiger partial charge on any atom is -0.0277 e. The molecule has 0 aromatic heterocycles. The second-order valence-electron chi connectivity index (χ2n) is 5.64. The van der Waals surface area contributed by atoms with Gasteiger partial charge in [-0.25, -0.2) is 0 Å². The Morgan fingerprint density at radius 2 is 0.875 bits per heavy atom. The molecule has 0 bridgehead atoms. The molecule has 0 fully saturated rings. The predicted molar refractivity (Wildman–Crippen MR) is 71.6 cm³/mol. The molecular formula is C16H26. The van der Waals surface area contributed by atoms with E-state index in [0.717, 1.165) is 0 Å². The van der Waals surface area contributed by atoms with Crippen LogP contribution in [0.2, 0.25) is 0 Å². The molecule has 0 saturated heterocycles. The van der Waals surface area contributed by atoms with E-state index in [4.69, 9.17) is 0 Å². The molecule has 0 unspecified atom stereocenters. The lowest BCUT2D eigenvalue weighted by molar-refractivity contribution is 0.697. The van der Waals surface area contributed by atoms with Crippen molar-refractivity contribution in [1.29, 1.82) is 0 Å². The molecular weight excluding hydrogens is 192 g/mol. The van der Waals surface area contributed by atoms with Crippen molar-refractivity contribution < 1.29 is 0 Å². The largest absolute Gasteiger partial charge is 0.0698 e. The Labute approximate surface area is 101 Å². The van der Waals surface area contributed by atoms with Gasteiger partial charge in [0.2, 0.25) is 0 Å². The van der Waals surface area contributed by atoms with Crippen molar-refractivity contribution in [2.75, 3.05) is 0 Å². The van der Waals surface area contributed by atoms with E-state index in [2.05, 4.69) is 13.8 Å². The Morgan fingerprint density at radius 3 is 1.31 bits per heavy atom. The molecule has 2 rings (SSSR count). The lowest BCUT2D eigenvalue weighted by Gasteiger charge is -2.15. The van der Waals surface area contributed by atoms with Crippen molar-refractivity contribution in [3.8, 4) is 0 Å². The van der Waals surface area contributed by atoms with Crippen molar-refractivity contribution in [1.82, 2.24) is 0 Å². The molecule has 2 aliphatic carbocycles. The zero-order chi connectivity index (χ0) is 11.4. The van der Waals surface area contributed by atoms with Crippen molar-refractivity contribution in [3.63, 3.8) is 0 Å². The van der Waals surface area contributed by atoms with Crippen LogP contribution in [0.25, 0.3) is 0 Å². The Kier molecular flexibility index (Phi) is 4.26. The molecule has 0 aromatic carbocycles. The van der Waals surface area contributed by atoms with E-state index in [1.165, 1.54) is 64.2 Å². The van der Waals surface area contributed by atoms with Gasteiger partial charge in [-0.1, -0.05) is 24.0 Å². The zero-order valence-electron chi connectivity index (χ0n) is 11.1. The second kappa shape index (κ2) is 5.70. The molecule has 0 radical (unpaired) electrons. The van der Waals surface area contributed by atoms with Crippen LogP contribution in [-0.2, 0) is 0 Å².